The fourth-order valence-corrected chi connectivity index (χ4v) is 2.64. The van der Waals surface area contributed by atoms with Crippen molar-refractivity contribution in [3.63, 3.8) is 0 Å². The van der Waals surface area contributed by atoms with Crippen molar-refractivity contribution in [2.75, 3.05) is 6.61 Å². The van der Waals surface area contributed by atoms with Gasteiger partial charge in [-0.1, -0.05) is 25.5 Å². The molecule has 6 heteroatoms. The topological polar surface area (TPSA) is 63.6 Å². The number of ether oxygens (including phenoxy) is 1. The van der Waals surface area contributed by atoms with Gasteiger partial charge in [0, 0.05) is 6.42 Å². The van der Waals surface area contributed by atoms with Crippen LogP contribution in [0.25, 0.3) is 0 Å². The number of rotatable bonds is 7. The Morgan fingerprint density at radius 2 is 2.05 bits per heavy atom. The minimum absolute atomic E-state index is 0.0991. The van der Waals surface area contributed by atoms with Crippen LogP contribution in [0.4, 0.5) is 4.39 Å². The van der Waals surface area contributed by atoms with E-state index in [1.165, 1.54) is 12.1 Å². The summed E-state index contributed by atoms with van der Waals surface area (Å²) in [5.74, 6) is -2.53. The maximum Gasteiger partial charge on any atom is 0.323 e. The van der Waals surface area contributed by atoms with E-state index < -0.39 is 23.2 Å². The average Bonchev–Trinajstić information content (AvgIpc) is 2.43. The van der Waals surface area contributed by atoms with E-state index in [9.17, 15) is 19.1 Å². The van der Waals surface area contributed by atoms with E-state index in [4.69, 9.17) is 4.74 Å². The Labute approximate surface area is 131 Å². The van der Waals surface area contributed by atoms with E-state index in [0.717, 1.165) is 0 Å². The second-order valence-corrected chi connectivity index (χ2v) is 5.54. The molecule has 0 saturated heterocycles. The van der Waals surface area contributed by atoms with Crippen LogP contribution < -0.4 is 0 Å². The minimum atomic E-state index is -1.69. The van der Waals surface area contributed by atoms with E-state index in [0.29, 0.717) is 12.0 Å². The van der Waals surface area contributed by atoms with Crippen molar-refractivity contribution in [3.05, 3.63) is 34.1 Å². The summed E-state index contributed by atoms with van der Waals surface area (Å²) >= 11 is 3.10. The van der Waals surface area contributed by atoms with E-state index in [1.807, 2.05) is 0 Å². The molecule has 0 aliphatic carbocycles. The second kappa shape index (κ2) is 7.54. The molecule has 0 amide bonds. The SMILES string of the molecule is CCCC(Cc1cccc(F)c1Br)(C(=O)O)C(=O)OCC. The number of carbonyl (C=O) groups excluding carboxylic acids is 1. The number of carboxylic acid groups (broad SMARTS) is 1. The Morgan fingerprint density at radius 3 is 2.57 bits per heavy atom. The first-order chi connectivity index (χ1) is 9.89. The Kier molecular flexibility index (Phi) is 6.33. The fraction of sp³-hybridized carbons (Fsp3) is 0.467. The molecule has 0 heterocycles. The van der Waals surface area contributed by atoms with Crippen LogP contribution in [0.1, 0.15) is 32.3 Å². The molecule has 1 atom stereocenters. The van der Waals surface area contributed by atoms with Gasteiger partial charge in [0.15, 0.2) is 5.41 Å². The average molecular weight is 361 g/mol. The Morgan fingerprint density at radius 1 is 1.38 bits per heavy atom. The maximum atomic E-state index is 13.6. The summed E-state index contributed by atoms with van der Waals surface area (Å²) in [4.78, 5) is 23.9. The van der Waals surface area contributed by atoms with Crippen LogP contribution in [0.5, 0.6) is 0 Å². The van der Waals surface area contributed by atoms with Crippen LogP contribution in [0.2, 0.25) is 0 Å². The molecule has 0 aliphatic rings. The molecule has 1 N–H and O–H groups in total. The normalized spacial score (nSPS) is 13.5. The number of carboxylic acids is 1. The lowest BCUT2D eigenvalue weighted by Crippen LogP contribution is -2.42. The van der Waals surface area contributed by atoms with Gasteiger partial charge in [0.05, 0.1) is 11.1 Å². The van der Waals surface area contributed by atoms with Crippen molar-refractivity contribution in [2.24, 2.45) is 5.41 Å². The molecule has 1 aromatic rings. The molecule has 0 bridgehead atoms. The molecule has 0 saturated carbocycles. The molecule has 0 aliphatic heterocycles. The smallest absolute Gasteiger partial charge is 0.323 e. The van der Waals surface area contributed by atoms with Crippen LogP contribution in [0.15, 0.2) is 22.7 Å². The quantitative estimate of drug-likeness (QED) is 0.596. The Bertz CT molecular complexity index is 532. The highest BCUT2D eigenvalue weighted by atomic mass is 79.9. The molecular weight excluding hydrogens is 343 g/mol. The Balaban J connectivity index is 3.26. The van der Waals surface area contributed by atoms with Gasteiger partial charge in [-0.2, -0.15) is 0 Å². The summed E-state index contributed by atoms with van der Waals surface area (Å²) in [5, 5.41) is 9.56. The predicted molar refractivity (Wildman–Crippen MR) is 79.4 cm³/mol. The third-order valence-electron chi connectivity index (χ3n) is 3.28. The highest BCUT2D eigenvalue weighted by molar-refractivity contribution is 9.10. The number of esters is 1. The largest absolute Gasteiger partial charge is 0.480 e. The molecule has 21 heavy (non-hydrogen) atoms. The first-order valence-corrected chi connectivity index (χ1v) is 7.51. The van der Waals surface area contributed by atoms with Gasteiger partial charge in [-0.3, -0.25) is 9.59 Å². The highest BCUT2D eigenvalue weighted by Gasteiger charge is 2.47. The van der Waals surface area contributed by atoms with Crippen LogP contribution in [0.3, 0.4) is 0 Å². The molecular formula is C15H18BrFO4. The number of aliphatic carboxylic acids is 1. The van der Waals surface area contributed by atoms with Crippen molar-refractivity contribution >= 4 is 27.9 Å². The zero-order chi connectivity index (χ0) is 16.0. The zero-order valence-corrected chi connectivity index (χ0v) is 13.6. The molecule has 0 aromatic heterocycles. The highest BCUT2D eigenvalue weighted by Crippen LogP contribution is 2.34. The standard InChI is InChI=1S/C15H18BrFO4/c1-3-8-15(13(18)19,14(20)21-4-2)9-10-6-5-7-11(17)12(10)16/h5-7H,3-4,8-9H2,1-2H3,(H,18,19). The van der Waals surface area contributed by atoms with Crippen LogP contribution in [-0.2, 0) is 20.7 Å². The van der Waals surface area contributed by atoms with E-state index in [2.05, 4.69) is 15.9 Å². The van der Waals surface area contributed by atoms with Gasteiger partial charge in [0.2, 0.25) is 0 Å². The van der Waals surface area contributed by atoms with Gasteiger partial charge in [0.1, 0.15) is 5.82 Å². The van der Waals surface area contributed by atoms with Crippen molar-refractivity contribution < 1.29 is 23.8 Å². The number of carbonyl (C=O) groups is 2. The zero-order valence-electron chi connectivity index (χ0n) is 12.0. The van der Waals surface area contributed by atoms with Crippen LogP contribution in [0, 0.1) is 11.2 Å². The summed E-state index contributed by atoms with van der Waals surface area (Å²) in [5.41, 5.74) is -1.26. The van der Waals surface area contributed by atoms with Gasteiger partial charge >= 0.3 is 11.9 Å². The van der Waals surface area contributed by atoms with Crippen molar-refractivity contribution in [1.82, 2.24) is 0 Å². The lowest BCUT2D eigenvalue weighted by molar-refractivity contribution is -0.169. The molecule has 1 aromatic carbocycles. The van der Waals surface area contributed by atoms with Crippen molar-refractivity contribution in [2.45, 2.75) is 33.1 Å². The number of halogens is 2. The molecule has 116 valence electrons. The van der Waals surface area contributed by atoms with E-state index in [1.54, 1.807) is 19.9 Å². The van der Waals surface area contributed by atoms with Crippen LogP contribution >= 0.6 is 15.9 Å². The summed E-state index contributed by atoms with van der Waals surface area (Å²) in [6.45, 7) is 3.51. The number of hydrogen-bond donors (Lipinski definition) is 1. The summed E-state index contributed by atoms with van der Waals surface area (Å²) in [7, 11) is 0. The summed E-state index contributed by atoms with van der Waals surface area (Å²) < 4.78 is 18.7. The van der Waals surface area contributed by atoms with E-state index in [-0.39, 0.29) is 23.9 Å². The molecule has 1 unspecified atom stereocenters. The fourth-order valence-electron chi connectivity index (χ4n) is 2.24. The van der Waals surface area contributed by atoms with E-state index >= 15 is 0 Å². The van der Waals surface area contributed by atoms with Crippen molar-refractivity contribution in [1.29, 1.82) is 0 Å². The van der Waals surface area contributed by atoms with Crippen molar-refractivity contribution in [3.8, 4) is 0 Å². The first-order valence-electron chi connectivity index (χ1n) is 6.72. The molecule has 1 rings (SSSR count). The monoisotopic (exact) mass is 360 g/mol. The van der Waals surface area contributed by atoms with Gasteiger partial charge in [-0.15, -0.1) is 0 Å². The van der Waals surface area contributed by atoms with Gasteiger partial charge in [-0.25, -0.2) is 4.39 Å². The third kappa shape index (κ3) is 3.81. The lowest BCUT2D eigenvalue weighted by Gasteiger charge is -2.27. The maximum absolute atomic E-state index is 13.6. The molecule has 0 radical (unpaired) electrons. The minimum Gasteiger partial charge on any atom is -0.480 e. The molecule has 0 fully saturated rings. The van der Waals surface area contributed by atoms with Crippen LogP contribution in [-0.4, -0.2) is 23.7 Å². The predicted octanol–water partition coefficient (Wildman–Crippen LogP) is 3.56. The Hall–Kier alpha value is -1.43. The first kappa shape index (κ1) is 17.6. The second-order valence-electron chi connectivity index (χ2n) is 4.75. The summed E-state index contributed by atoms with van der Waals surface area (Å²) in [6, 6.07) is 4.35. The lowest BCUT2D eigenvalue weighted by atomic mass is 9.77. The molecule has 0 spiro atoms. The number of hydrogen-bond acceptors (Lipinski definition) is 3. The summed E-state index contributed by atoms with van der Waals surface area (Å²) in [6.07, 6.45) is 0.509. The van der Waals surface area contributed by atoms with Gasteiger partial charge < -0.3 is 9.84 Å². The third-order valence-corrected chi connectivity index (χ3v) is 4.16. The van der Waals surface area contributed by atoms with Gasteiger partial charge in [0.25, 0.3) is 0 Å². The number of benzene rings is 1. The van der Waals surface area contributed by atoms with Gasteiger partial charge in [-0.05, 0) is 40.9 Å². The molecule has 4 nitrogen and oxygen atoms in total.